The second-order valence-corrected chi connectivity index (χ2v) is 5.82. The Hall–Kier alpha value is -1.24. The third-order valence-electron chi connectivity index (χ3n) is 3.48. The molecule has 0 amide bonds. The number of hydrogen-bond donors (Lipinski definition) is 1. The number of aromatic nitrogens is 2. The van der Waals surface area contributed by atoms with E-state index in [1.54, 1.807) is 7.11 Å². The molecule has 0 unspecified atom stereocenters. The molecule has 2 atom stereocenters. The van der Waals surface area contributed by atoms with Crippen molar-refractivity contribution in [1.82, 2.24) is 15.5 Å². The molecule has 2 aromatic rings. The summed E-state index contributed by atoms with van der Waals surface area (Å²) in [6.07, 6.45) is 1.77. The molecule has 5 nitrogen and oxygen atoms in total. The van der Waals surface area contributed by atoms with Gasteiger partial charge in [-0.2, -0.15) is 4.98 Å². The van der Waals surface area contributed by atoms with E-state index in [1.165, 1.54) is 0 Å². The van der Waals surface area contributed by atoms with Crippen LogP contribution in [0.3, 0.4) is 0 Å². The quantitative estimate of drug-likeness (QED) is 0.928. The van der Waals surface area contributed by atoms with Crippen LogP contribution in [-0.2, 0) is 11.2 Å². The molecule has 20 heavy (non-hydrogen) atoms. The highest BCUT2D eigenvalue weighted by molar-refractivity contribution is 9.10. The lowest BCUT2D eigenvalue weighted by atomic mass is 10.1. The van der Waals surface area contributed by atoms with E-state index < -0.39 is 0 Å². The predicted molar refractivity (Wildman–Crippen MR) is 77.4 cm³/mol. The summed E-state index contributed by atoms with van der Waals surface area (Å²) in [5.74, 6) is 1.36. The van der Waals surface area contributed by atoms with Crippen LogP contribution in [0.15, 0.2) is 33.3 Å². The van der Waals surface area contributed by atoms with Gasteiger partial charge in [0.15, 0.2) is 5.82 Å². The minimum atomic E-state index is 0.103. The molecule has 1 saturated heterocycles. The van der Waals surface area contributed by atoms with E-state index in [-0.39, 0.29) is 12.1 Å². The molecule has 0 bridgehead atoms. The number of halogens is 1. The van der Waals surface area contributed by atoms with Crippen molar-refractivity contribution in [3.63, 3.8) is 0 Å². The Morgan fingerprint density at radius 1 is 1.40 bits per heavy atom. The number of rotatable bonds is 4. The van der Waals surface area contributed by atoms with Gasteiger partial charge < -0.3 is 14.6 Å². The van der Waals surface area contributed by atoms with Crippen LogP contribution in [0.5, 0.6) is 0 Å². The van der Waals surface area contributed by atoms with Gasteiger partial charge in [-0.05, 0) is 24.1 Å². The molecule has 1 aromatic carbocycles. The molecule has 1 aliphatic heterocycles. The van der Waals surface area contributed by atoms with E-state index in [9.17, 15) is 0 Å². The highest BCUT2D eigenvalue weighted by Crippen LogP contribution is 2.23. The van der Waals surface area contributed by atoms with Crippen LogP contribution in [0.4, 0.5) is 0 Å². The van der Waals surface area contributed by atoms with Crippen LogP contribution in [0.2, 0.25) is 0 Å². The summed E-state index contributed by atoms with van der Waals surface area (Å²) >= 11 is 3.42. The van der Waals surface area contributed by atoms with E-state index in [0.29, 0.717) is 18.1 Å². The number of benzene rings is 1. The third-order valence-corrected chi connectivity index (χ3v) is 4.01. The Kier molecular flexibility index (Phi) is 4.14. The van der Waals surface area contributed by atoms with Crippen LogP contribution in [0, 0.1) is 0 Å². The molecule has 1 aliphatic rings. The van der Waals surface area contributed by atoms with Crippen molar-refractivity contribution >= 4 is 15.9 Å². The standard InChI is InChI=1S/C14H16BrN3O2/c1-19-11-7-12(16-8-11)14-17-13(18-20-14)6-9-2-4-10(15)5-3-9/h2-5,11-12,16H,6-8H2,1H3/t11-,12+/m0/s1. The summed E-state index contributed by atoms with van der Waals surface area (Å²) in [7, 11) is 1.72. The second kappa shape index (κ2) is 6.03. The Morgan fingerprint density at radius 2 is 2.20 bits per heavy atom. The van der Waals surface area contributed by atoms with Crippen LogP contribution >= 0.6 is 15.9 Å². The number of nitrogens with one attached hydrogen (secondary N) is 1. The average molecular weight is 338 g/mol. The highest BCUT2D eigenvalue weighted by Gasteiger charge is 2.29. The van der Waals surface area contributed by atoms with Gasteiger partial charge in [0, 0.05) is 24.5 Å². The fourth-order valence-corrected chi connectivity index (χ4v) is 2.60. The first-order valence-electron chi connectivity index (χ1n) is 6.57. The summed E-state index contributed by atoms with van der Waals surface area (Å²) in [6.45, 7) is 0.825. The van der Waals surface area contributed by atoms with Crippen molar-refractivity contribution in [1.29, 1.82) is 0 Å². The van der Waals surface area contributed by atoms with Crippen molar-refractivity contribution in [2.75, 3.05) is 13.7 Å². The first kappa shape index (κ1) is 13.7. The lowest BCUT2D eigenvalue weighted by Gasteiger charge is -2.04. The Morgan fingerprint density at radius 3 is 2.90 bits per heavy atom. The molecular weight excluding hydrogens is 322 g/mol. The third kappa shape index (κ3) is 3.08. The number of nitrogens with zero attached hydrogens (tertiary/aromatic N) is 2. The molecule has 3 rings (SSSR count). The van der Waals surface area contributed by atoms with Gasteiger partial charge in [0.25, 0.3) is 0 Å². The molecule has 0 radical (unpaired) electrons. The zero-order valence-corrected chi connectivity index (χ0v) is 12.8. The molecule has 1 N–H and O–H groups in total. The van der Waals surface area contributed by atoms with Crippen molar-refractivity contribution < 1.29 is 9.26 Å². The van der Waals surface area contributed by atoms with Crippen molar-refractivity contribution in [2.45, 2.75) is 25.0 Å². The van der Waals surface area contributed by atoms with Gasteiger partial charge in [0.1, 0.15) is 0 Å². The van der Waals surface area contributed by atoms with Gasteiger partial charge in [-0.15, -0.1) is 0 Å². The largest absolute Gasteiger partial charge is 0.380 e. The molecule has 0 spiro atoms. The van der Waals surface area contributed by atoms with Crippen LogP contribution < -0.4 is 5.32 Å². The molecule has 6 heteroatoms. The average Bonchev–Trinajstić information content (AvgIpc) is 3.10. The fourth-order valence-electron chi connectivity index (χ4n) is 2.34. The number of hydrogen-bond acceptors (Lipinski definition) is 5. The van der Waals surface area contributed by atoms with Crippen molar-refractivity contribution in [2.24, 2.45) is 0 Å². The number of methoxy groups -OCH3 is 1. The molecular formula is C14H16BrN3O2. The molecule has 0 aliphatic carbocycles. The topological polar surface area (TPSA) is 60.2 Å². The molecule has 2 heterocycles. The SMILES string of the molecule is CO[C@@H]1CN[C@@H](c2nc(Cc3ccc(Br)cc3)no2)C1. The lowest BCUT2D eigenvalue weighted by Crippen LogP contribution is -2.16. The first-order chi connectivity index (χ1) is 9.74. The van der Waals surface area contributed by atoms with E-state index in [1.807, 2.05) is 12.1 Å². The van der Waals surface area contributed by atoms with Gasteiger partial charge in [-0.1, -0.05) is 33.2 Å². The number of ether oxygens (including phenoxy) is 1. The summed E-state index contributed by atoms with van der Waals surface area (Å²) in [5, 5.41) is 7.38. The predicted octanol–water partition coefficient (Wildman–Crippen LogP) is 2.47. The second-order valence-electron chi connectivity index (χ2n) is 4.91. The summed E-state index contributed by atoms with van der Waals surface area (Å²) in [6, 6.07) is 8.23. The molecule has 1 aromatic heterocycles. The van der Waals surface area contributed by atoms with Crippen molar-refractivity contribution in [3.05, 3.63) is 46.0 Å². The van der Waals surface area contributed by atoms with Gasteiger partial charge >= 0.3 is 0 Å². The van der Waals surface area contributed by atoms with Crippen LogP contribution in [-0.4, -0.2) is 29.9 Å². The maximum absolute atomic E-state index is 5.35. The molecule has 1 fully saturated rings. The minimum Gasteiger partial charge on any atom is -0.380 e. The Balaban J connectivity index is 1.66. The van der Waals surface area contributed by atoms with Gasteiger partial charge in [0.05, 0.1) is 12.1 Å². The summed E-state index contributed by atoms with van der Waals surface area (Å²) in [5.41, 5.74) is 1.16. The van der Waals surface area contributed by atoms with Crippen LogP contribution in [0.25, 0.3) is 0 Å². The van der Waals surface area contributed by atoms with Crippen molar-refractivity contribution in [3.8, 4) is 0 Å². The Labute approximate surface area is 125 Å². The smallest absolute Gasteiger partial charge is 0.243 e. The van der Waals surface area contributed by atoms with E-state index in [2.05, 4.69) is 43.5 Å². The van der Waals surface area contributed by atoms with Gasteiger partial charge in [-0.25, -0.2) is 0 Å². The minimum absolute atomic E-state index is 0.103. The maximum atomic E-state index is 5.35. The van der Waals surface area contributed by atoms with E-state index in [0.717, 1.165) is 23.0 Å². The fraction of sp³-hybridized carbons (Fsp3) is 0.429. The molecule has 0 saturated carbocycles. The Bertz CT molecular complexity index is 570. The van der Waals surface area contributed by atoms with E-state index >= 15 is 0 Å². The van der Waals surface area contributed by atoms with Gasteiger partial charge in [-0.3, -0.25) is 0 Å². The zero-order valence-electron chi connectivity index (χ0n) is 11.2. The summed E-state index contributed by atoms with van der Waals surface area (Å²) in [4.78, 5) is 4.47. The van der Waals surface area contributed by atoms with Crippen LogP contribution in [0.1, 0.15) is 29.7 Å². The summed E-state index contributed by atoms with van der Waals surface area (Å²) < 4.78 is 11.7. The normalized spacial score (nSPS) is 22.3. The maximum Gasteiger partial charge on any atom is 0.243 e. The highest BCUT2D eigenvalue weighted by atomic mass is 79.9. The van der Waals surface area contributed by atoms with Gasteiger partial charge in [0.2, 0.25) is 5.89 Å². The zero-order chi connectivity index (χ0) is 13.9. The van der Waals surface area contributed by atoms with E-state index in [4.69, 9.17) is 9.26 Å². The monoisotopic (exact) mass is 337 g/mol. The molecule has 106 valence electrons. The lowest BCUT2D eigenvalue weighted by molar-refractivity contribution is 0.116. The first-order valence-corrected chi connectivity index (χ1v) is 7.37.